The molecular formula is C31H38OSi2Ti. The normalized spacial score (nSPS) is 13.5. The van der Waals surface area contributed by atoms with Crippen LogP contribution in [0.3, 0.4) is 0 Å². The molecular weight excluding hydrogens is 492 g/mol. The third kappa shape index (κ3) is 5.24. The summed E-state index contributed by atoms with van der Waals surface area (Å²) in [6.45, 7) is 16.5. The molecule has 0 spiro atoms. The predicted molar refractivity (Wildman–Crippen MR) is 156 cm³/mol. The van der Waals surface area contributed by atoms with Gasteiger partial charge in [0.15, 0.2) is 0 Å². The second-order valence-corrected chi connectivity index (χ2v) is 19.8. The van der Waals surface area contributed by atoms with Gasteiger partial charge in [0.1, 0.15) is 0 Å². The van der Waals surface area contributed by atoms with Crippen LogP contribution >= 0.6 is 0 Å². The van der Waals surface area contributed by atoms with Crippen molar-refractivity contribution in [3.05, 3.63) is 115 Å². The van der Waals surface area contributed by atoms with Crippen LogP contribution in [0.5, 0.6) is 5.75 Å². The van der Waals surface area contributed by atoms with Crippen molar-refractivity contribution in [2.45, 2.75) is 53.8 Å². The summed E-state index contributed by atoms with van der Waals surface area (Å²) in [5.74, 6) is 1.15. The fourth-order valence-electron chi connectivity index (χ4n) is 5.05. The molecule has 0 amide bonds. The average Bonchev–Trinajstić information content (AvgIpc) is 3.35. The number of rotatable bonds is 6. The summed E-state index contributed by atoms with van der Waals surface area (Å²) in [4.78, 5) is 0. The summed E-state index contributed by atoms with van der Waals surface area (Å²) in [6.07, 6.45) is 5.82. The van der Waals surface area contributed by atoms with Crippen molar-refractivity contribution in [2.24, 2.45) is 0 Å². The Morgan fingerprint density at radius 1 is 0.771 bits per heavy atom. The third-order valence-electron chi connectivity index (χ3n) is 7.50. The van der Waals surface area contributed by atoms with Gasteiger partial charge >= 0.3 is 223 Å². The molecule has 0 bridgehead atoms. The molecule has 180 valence electrons. The maximum atomic E-state index is 7.45. The molecule has 0 fully saturated rings. The van der Waals surface area contributed by atoms with Crippen LogP contribution in [-0.2, 0) is 17.8 Å². The van der Waals surface area contributed by atoms with Gasteiger partial charge in [0.2, 0.25) is 0 Å². The van der Waals surface area contributed by atoms with E-state index in [1.165, 1.54) is 42.4 Å². The van der Waals surface area contributed by atoms with Crippen LogP contribution in [0.1, 0.15) is 39.8 Å². The molecule has 0 N–H and O–H groups in total. The minimum atomic E-state index is -2.45. The zero-order valence-corrected chi connectivity index (χ0v) is 27.1. The molecule has 0 radical (unpaired) electrons. The van der Waals surface area contributed by atoms with E-state index >= 15 is 0 Å². The van der Waals surface area contributed by atoms with Crippen LogP contribution < -0.4 is 8.51 Å². The minimum absolute atomic E-state index is 1.02. The first-order chi connectivity index (χ1) is 16.6. The van der Waals surface area contributed by atoms with Gasteiger partial charge in [-0.25, -0.2) is 0 Å². The Balaban J connectivity index is 2.10. The van der Waals surface area contributed by atoms with Crippen molar-refractivity contribution in [3.8, 4) is 5.75 Å². The first kappa shape index (κ1) is 26.0. The quantitative estimate of drug-likeness (QED) is 0.346. The van der Waals surface area contributed by atoms with E-state index in [1.807, 2.05) is 0 Å². The Labute approximate surface area is 222 Å². The van der Waals surface area contributed by atoms with E-state index in [0.29, 0.717) is 0 Å². The molecule has 1 nitrogen and oxygen atoms in total. The van der Waals surface area contributed by atoms with Gasteiger partial charge in [-0.2, -0.15) is 0 Å². The van der Waals surface area contributed by atoms with E-state index in [2.05, 4.69) is 120 Å². The summed E-state index contributed by atoms with van der Waals surface area (Å²) >= 11 is -2.45. The number of allylic oxidation sites excluding steroid dienone is 4. The Hall–Kier alpha value is -2.04. The molecule has 4 heteroatoms. The Bertz CT molecular complexity index is 1270. The molecule has 0 saturated heterocycles. The molecule has 0 saturated carbocycles. The standard InChI is InChI=1S/C13H10.C10H16OSi.C8H13Si.Ti/c1-3-7-12(8-4-1)11-13-9-5-2-6-10-13;1-5-6(2)9(11)8(4)10(12)7(5)3;1-9(2,3)8-6-4-5-7-8;/h1-10H;11H,1-4,12H3;4,6H,5H2,1-3H3;/q;;;+1/p-1. The third-order valence-corrected chi connectivity index (χ3v) is 15.3. The summed E-state index contributed by atoms with van der Waals surface area (Å²) < 4.78 is 10.5. The van der Waals surface area contributed by atoms with E-state index in [4.69, 9.17) is 3.32 Å². The molecule has 3 aromatic rings. The summed E-state index contributed by atoms with van der Waals surface area (Å²) in [5.41, 5.74) is 8.09. The van der Waals surface area contributed by atoms with E-state index in [-0.39, 0.29) is 0 Å². The molecule has 1 aliphatic rings. The van der Waals surface area contributed by atoms with Crippen molar-refractivity contribution in [1.29, 1.82) is 0 Å². The van der Waals surface area contributed by atoms with Gasteiger partial charge in [-0.3, -0.25) is 0 Å². The van der Waals surface area contributed by atoms with Gasteiger partial charge in [0.05, 0.1) is 0 Å². The molecule has 0 atom stereocenters. The van der Waals surface area contributed by atoms with Crippen LogP contribution in [0.15, 0.2) is 81.9 Å². The Morgan fingerprint density at radius 2 is 1.31 bits per heavy atom. The van der Waals surface area contributed by atoms with Crippen molar-refractivity contribution in [2.75, 3.05) is 0 Å². The van der Waals surface area contributed by atoms with Gasteiger partial charge in [0, 0.05) is 0 Å². The average molecular weight is 531 g/mol. The van der Waals surface area contributed by atoms with E-state index in [0.717, 1.165) is 22.4 Å². The molecule has 0 heterocycles. The maximum absolute atomic E-state index is 7.45. The zero-order valence-electron chi connectivity index (χ0n) is 22.5. The summed E-state index contributed by atoms with van der Waals surface area (Å²) in [5, 5.41) is 3.09. The fraction of sp³-hybridized carbons (Fsp3) is 0.258. The van der Waals surface area contributed by atoms with Crippen LogP contribution in [0.4, 0.5) is 0 Å². The Kier molecular flexibility index (Phi) is 7.82. The second kappa shape index (κ2) is 10.5. The molecule has 35 heavy (non-hydrogen) atoms. The monoisotopic (exact) mass is 530 g/mol. The molecule has 0 unspecified atom stereocenters. The van der Waals surface area contributed by atoms with Crippen LogP contribution in [-0.4, -0.2) is 22.1 Å². The van der Waals surface area contributed by atoms with Crippen LogP contribution in [0.25, 0.3) is 0 Å². The van der Waals surface area contributed by atoms with Gasteiger partial charge in [-0.15, -0.1) is 0 Å². The zero-order chi connectivity index (χ0) is 25.3. The molecule has 0 aliphatic heterocycles. The van der Waals surface area contributed by atoms with Crippen LogP contribution in [0, 0.1) is 27.7 Å². The van der Waals surface area contributed by atoms with Crippen molar-refractivity contribution in [3.63, 3.8) is 0 Å². The number of hydrogen-bond acceptors (Lipinski definition) is 1. The van der Waals surface area contributed by atoms with Crippen molar-refractivity contribution >= 4 is 27.3 Å². The molecule has 0 aromatic heterocycles. The van der Waals surface area contributed by atoms with Gasteiger partial charge in [0.25, 0.3) is 0 Å². The van der Waals surface area contributed by atoms with Crippen molar-refractivity contribution < 1.29 is 21.1 Å². The van der Waals surface area contributed by atoms with Gasteiger partial charge in [-0.05, 0) is 0 Å². The SMILES string of the molecule is Cc1c(C)c([SiH3])c(C)c([O][Ti]([C]2=C([Si](C)(C)C)C=CC2)=[C](c2ccccc2)c2ccccc2)c1C. The predicted octanol–water partition coefficient (Wildman–Crippen LogP) is 6.18. The van der Waals surface area contributed by atoms with Gasteiger partial charge < -0.3 is 0 Å². The number of benzene rings is 3. The number of hydrogen-bond donors (Lipinski definition) is 0. The van der Waals surface area contributed by atoms with Crippen LogP contribution in [0.2, 0.25) is 19.6 Å². The van der Waals surface area contributed by atoms with Crippen molar-refractivity contribution in [1.82, 2.24) is 0 Å². The fourth-order valence-corrected chi connectivity index (χ4v) is 13.4. The first-order valence-corrected chi connectivity index (χ1v) is 19.3. The summed E-state index contributed by atoms with van der Waals surface area (Å²) in [6, 6.07) is 22.0. The van der Waals surface area contributed by atoms with E-state index in [9.17, 15) is 0 Å². The first-order valence-electron chi connectivity index (χ1n) is 12.6. The summed E-state index contributed by atoms with van der Waals surface area (Å²) in [7, 11) is -0.490. The van der Waals surface area contributed by atoms with E-state index in [1.54, 1.807) is 9.07 Å². The molecule has 4 rings (SSSR count). The topological polar surface area (TPSA) is 9.23 Å². The second-order valence-electron chi connectivity index (χ2n) is 10.7. The van der Waals surface area contributed by atoms with Gasteiger partial charge in [-0.1, -0.05) is 0 Å². The van der Waals surface area contributed by atoms with E-state index < -0.39 is 25.9 Å². The Morgan fingerprint density at radius 3 is 1.83 bits per heavy atom. The molecule has 3 aromatic carbocycles. The molecule has 1 aliphatic carbocycles.